The van der Waals surface area contributed by atoms with Crippen LogP contribution in [0.2, 0.25) is 0 Å². The van der Waals surface area contributed by atoms with Crippen LogP contribution in [0.15, 0.2) is 30.3 Å². The molecule has 1 aliphatic rings. The molecule has 0 amide bonds. The van der Waals surface area contributed by atoms with Crippen molar-refractivity contribution in [2.24, 2.45) is 13.0 Å². The standard InChI is InChI=1S/C17H22N8S/c1-24-8-14(7-21-24)10-25-4-2-3-13(9-25)5-15-6-16(19-11-18-15)22-17-23-20-12-26-17/h6-8,11-13H,2-5,9-10H2,1H3,(H,18,19,22,23). The van der Waals surface area contributed by atoms with E-state index in [-0.39, 0.29) is 0 Å². The van der Waals surface area contributed by atoms with Gasteiger partial charge in [0.05, 0.1) is 6.20 Å². The molecule has 0 saturated carbocycles. The lowest BCUT2D eigenvalue weighted by Crippen LogP contribution is -2.35. The van der Waals surface area contributed by atoms with Gasteiger partial charge in [0.2, 0.25) is 5.13 Å². The second kappa shape index (κ2) is 7.88. The van der Waals surface area contributed by atoms with Crippen molar-refractivity contribution < 1.29 is 0 Å². The predicted molar refractivity (Wildman–Crippen MR) is 100 cm³/mol. The molecular weight excluding hydrogens is 348 g/mol. The van der Waals surface area contributed by atoms with Crippen molar-refractivity contribution in [3.63, 3.8) is 0 Å². The molecule has 0 bridgehead atoms. The van der Waals surface area contributed by atoms with E-state index in [1.165, 1.54) is 29.7 Å². The molecule has 1 fully saturated rings. The quantitative estimate of drug-likeness (QED) is 0.712. The fraction of sp³-hybridized carbons (Fsp3) is 0.471. The van der Waals surface area contributed by atoms with E-state index in [0.29, 0.717) is 5.92 Å². The Kier molecular flexibility index (Phi) is 5.16. The van der Waals surface area contributed by atoms with Crippen LogP contribution in [0.25, 0.3) is 0 Å². The molecule has 1 N–H and O–H groups in total. The molecule has 1 aliphatic heterocycles. The van der Waals surface area contributed by atoms with Crippen LogP contribution in [0.1, 0.15) is 24.1 Å². The Morgan fingerprint density at radius 1 is 1.35 bits per heavy atom. The van der Waals surface area contributed by atoms with Crippen LogP contribution in [-0.2, 0) is 20.0 Å². The lowest BCUT2D eigenvalue weighted by Gasteiger charge is -2.32. The Bertz CT molecular complexity index is 831. The third-order valence-electron chi connectivity index (χ3n) is 4.58. The van der Waals surface area contributed by atoms with Crippen LogP contribution in [0.3, 0.4) is 0 Å². The molecule has 1 unspecified atom stereocenters. The van der Waals surface area contributed by atoms with Gasteiger partial charge in [0, 0.05) is 43.7 Å². The van der Waals surface area contributed by atoms with Gasteiger partial charge in [-0.1, -0.05) is 11.3 Å². The van der Waals surface area contributed by atoms with Crippen LogP contribution < -0.4 is 5.32 Å². The van der Waals surface area contributed by atoms with Crippen molar-refractivity contribution in [1.29, 1.82) is 0 Å². The first-order valence-electron chi connectivity index (χ1n) is 8.78. The number of aryl methyl sites for hydroxylation is 1. The van der Waals surface area contributed by atoms with Crippen LogP contribution in [0, 0.1) is 5.92 Å². The second-order valence-corrected chi connectivity index (χ2v) is 7.57. The third kappa shape index (κ3) is 4.41. The summed E-state index contributed by atoms with van der Waals surface area (Å²) < 4.78 is 1.87. The van der Waals surface area contributed by atoms with Crippen LogP contribution in [0.5, 0.6) is 0 Å². The fourth-order valence-corrected chi connectivity index (χ4v) is 3.94. The number of nitrogens with zero attached hydrogens (tertiary/aromatic N) is 7. The molecule has 9 heteroatoms. The predicted octanol–water partition coefficient (Wildman–Crippen LogP) is 2.26. The molecule has 26 heavy (non-hydrogen) atoms. The van der Waals surface area contributed by atoms with E-state index in [2.05, 4.69) is 41.7 Å². The van der Waals surface area contributed by atoms with Crippen LogP contribution in [0.4, 0.5) is 10.9 Å². The lowest BCUT2D eigenvalue weighted by molar-refractivity contribution is 0.166. The minimum atomic E-state index is 0.615. The van der Waals surface area contributed by atoms with E-state index in [9.17, 15) is 0 Å². The molecule has 136 valence electrons. The van der Waals surface area contributed by atoms with Crippen molar-refractivity contribution in [2.75, 3.05) is 18.4 Å². The first-order valence-corrected chi connectivity index (χ1v) is 9.66. The van der Waals surface area contributed by atoms with Gasteiger partial charge in [0.15, 0.2) is 0 Å². The first-order chi connectivity index (χ1) is 12.7. The Labute approximate surface area is 156 Å². The van der Waals surface area contributed by atoms with E-state index in [4.69, 9.17) is 0 Å². The highest BCUT2D eigenvalue weighted by Crippen LogP contribution is 2.23. The number of aromatic nitrogens is 6. The largest absolute Gasteiger partial charge is 0.315 e. The molecule has 1 saturated heterocycles. The number of hydrogen-bond acceptors (Lipinski definition) is 8. The summed E-state index contributed by atoms with van der Waals surface area (Å²) in [7, 11) is 1.96. The average molecular weight is 370 g/mol. The molecule has 8 nitrogen and oxygen atoms in total. The minimum Gasteiger partial charge on any atom is -0.315 e. The molecule has 0 radical (unpaired) electrons. The topological polar surface area (TPSA) is 84.7 Å². The number of rotatable bonds is 6. The molecular formula is C17H22N8S. The zero-order chi connectivity index (χ0) is 17.8. The van der Waals surface area contributed by atoms with Gasteiger partial charge >= 0.3 is 0 Å². The highest BCUT2D eigenvalue weighted by Gasteiger charge is 2.21. The summed E-state index contributed by atoms with van der Waals surface area (Å²) in [6.45, 7) is 3.22. The summed E-state index contributed by atoms with van der Waals surface area (Å²) in [5.74, 6) is 1.39. The van der Waals surface area contributed by atoms with Crippen LogP contribution >= 0.6 is 11.3 Å². The van der Waals surface area contributed by atoms with Gasteiger partial charge in [0.1, 0.15) is 17.7 Å². The Balaban J connectivity index is 1.35. The van der Waals surface area contributed by atoms with Crippen molar-refractivity contribution in [1.82, 2.24) is 34.8 Å². The van der Waals surface area contributed by atoms with Gasteiger partial charge in [-0.25, -0.2) is 9.97 Å². The molecule has 0 spiro atoms. The Morgan fingerprint density at radius 3 is 3.12 bits per heavy atom. The highest BCUT2D eigenvalue weighted by molar-refractivity contribution is 7.13. The number of likely N-dealkylation sites (tertiary alicyclic amines) is 1. The Morgan fingerprint density at radius 2 is 2.31 bits per heavy atom. The van der Waals surface area contributed by atoms with Gasteiger partial charge in [0.25, 0.3) is 0 Å². The molecule has 3 aromatic heterocycles. The first kappa shape index (κ1) is 17.0. The lowest BCUT2D eigenvalue weighted by atomic mass is 9.93. The summed E-state index contributed by atoms with van der Waals surface area (Å²) >= 11 is 1.45. The smallest absolute Gasteiger partial charge is 0.210 e. The van der Waals surface area contributed by atoms with Crippen LogP contribution in [-0.4, -0.2) is 47.9 Å². The molecule has 3 aromatic rings. The number of anilines is 2. The van der Waals surface area contributed by atoms with E-state index in [1.54, 1.807) is 11.8 Å². The summed E-state index contributed by atoms with van der Waals surface area (Å²) in [6.07, 6.45) is 9.11. The van der Waals surface area contributed by atoms with E-state index in [0.717, 1.165) is 42.7 Å². The third-order valence-corrected chi connectivity index (χ3v) is 5.19. The number of hydrogen-bond donors (Lipinski definition) is 1. The van der Waals surface area contributed by atoms with Crippen molar-refractivity contribution in [3.05, 3.63) is 41.6 Å². The number of nitrogens with one attached hydrogen (secondary N) is 1. The van der Waals surface area contributed by atoms with Gasteiger partial charge < -0.3 is 5.32 Å². The maximum Gasteiger partial charge on any atom is 0.210 e. The minimum absolute atomic E-state index is 0.615. The summed E-state index contributed by atoms with van der Waals surface area (Å²) in [4.78, 5) is 11.3. The number of piperidine rings is 1. The van der Waals surface area contributed by atoms with Crippen molar-refractivity contribution in [3.8, 4) is 0 Å². The zero-order valence-corrected chi connectivity index (χ0v) is 15.6. The molecule has 0 aromatic carbocycles. The van der Waals surface area contributed by atoms with E-state index >= 15 is 0 Å². The summed E-state index contributed by atoms with van der Waals surface area (Å²) in [5.41, 5.74) is 4.04. The van der Waals surface area contributed by atoms with Crippen molar-refractivity contribution in [2.45, 2.75) is 25.8 Å². The van der Waals surface area contributed by atoms with Gasteiger partial charge in [-0.15, -0.1) is 10.2 Å². The maximum absolute atomic E-state index is 4.46. The SMILES string of the molecule is Cn1cc(CN2CCCC(Cc3cc(Nc4nncs4)ncn3)C2)cn1. The van der Waals surface area contributed by atoms with E-state index < -0.39 is 0 Å². The van der Waals surface area contributed by atoms with Gasteiger partial charge in [-0.3, -0.25) is 9.58 Å². The Hall–Kier alpha value is -2.39. The zero-order valence-electron chi connectivity index (χ0n) is 14.7. The fourth-order valence-electron chi connectivity index (χ4n) is 3.48. The monoisotopic (exact) mass is 370 g/mol. The van der Waals surface area contributed by atoms with E-state index in [1.807, 2.05) is 24.0 Å². The molecule has 1 atom stereocenters. The molecule has 4 rings (SSSR count). The maximum atomic E-state index is 4.46. The second-order valence-electron chi connectivity index (χ2n) is 6.73. The average Bonchev–Trinajstić information content (AvgIpc) is 3.27. The molecule has 0 aliphatic carbocycles. The summed E-state index contributed by atoms with van der Waals surface area (Å²) in [5, 5.41) is 16.0. The van der Waals surface area contributed by atoms with Gasteiger partial charge in [-0.2, -0.15) is 5.10 Å². The normalized spacial score (nSPS) is 18.1. The highest BCUT2D eigenvalue weighted by atomic mass is 32.1. The summed E-state index contributed by atoms with van der Waals surface area (Å²) in [6, 6.07) is 2.02. The molecule has 4 heterocycles. The van der Waals surface area contributed by atoms with Crippen molar-refractivity contribution >= 4 is 22.3 Å². The van der Waals surface area contributed by atoms with Gasteiger partial charge in [-0.05, 0) is 31.7 Å².